The molecule has 0 bridgehead atoms. The molecule has 1 aromatic rings. The number of sulfonamides is 1. The smallest absolute Gasteiger partial charge is 0.245 e. The Hall–Kier alpha value is -1.15. The largest absolute Gasteiger partial charge is 0.398 e. The number of benzene rings is 1. The molecule has 1 aromatic carbocycles. The SMILES string of the molecule is COCCCN(CCOC)S(=O)(=O)c1c(C)cccc1N. The second-order valence-corrected chi connectivity index (χ2v) is 6.61. The number of ether oxygens (including phenoxy) is 2. The van der Waals surface area contributed by atoms with E-state index in [9.17, 15) is 8.42 Å². The van der Waals surface area contributed by atoms with Gasteiger partial charge in [-0.15, -0.1) is 0 Å². The standard InChI is InChI=1S/C14H24N2O4S/c1-12-6-4-7-13(15)14(12)21(17,18)16(9-11-20-3)8-5-10-19-2/h4,6-7H,5,8-11,15H2,1-3H3. The van der Waals surface area contributed by atoms with Gasteiger partial charge in [0.25, 0.3) is 0 Å². The Morgan fingerprint density at radius 2 is 1.81 bits per heavy atom. The molecule has 0 unspecified atom stereocenters. The van der Waals surface area contributed by atoms with Crippen molar-refractivity contribution >= 4 is 15.7 Å². The lowest BCUT2D eigenvalue weighted by Gasteiger charge is -2.23. The number of aryl methyl sites for hydroxylation is 1. The predicted octanol–water partition coefficient (Wildman–Crippen LogP) is 1.25. The first-order valence-corrected chi connectivity index (χ1v) is 8.22. The molecule has 0 heterocycles. The molecule has 6 nitrogen and oxygen atoms in total. The van der Waals surface area contributed by atoms with E-state index in [2.05, 4.69) is 0 Å². The van der Waals surface area contributed by atoms with Gasteiger partial charge in [-0.1, -0.05) is 12.1 Å². The summed E-state index contributed by atoms with van der Waals surface area (Å²) >= 11 is 0. The zero-order valence-corrected chi connectivity index (χ0v) is 13.6. The highest BCUT2D eigenvalue weighted by Gasteiger charge is 2.27. The minimum absolute atomic E-state index is 0.179. The van der Waals surface area contributed by atoms with E-state index < -0.39 is 10.0 Å². The number of rotatable bonds is 9. The van der Waals surface area contributed by atoms with Gasteiger partial charge in [-0.25, -0.2) is 8.42 Å². The van der Waals surface area contributed by atoms with Crippen LogP contribution in [-0.2, 0) is 19.5 Å². The van der Waals surface area contributed by atoms with Crippen molar-refractivity contribution < 1.29 is 17.9 Å². The summed E-state index contributed by atoms with van der Waals surface area (Å²) in [7, 11) is -0.508. The first-order valence-electron chi connectivity index (χ1n) is 6.78. The van der Waals surface area contributed by atoms with Gasteiger partial charge < -0.3 is 15.2 Å². The molecule has 1 rings (SSSR count). The van der Waals surface area contributed by atoms with Crippen LogP contribution in [0.3, 0.4) is 0 Å². The number of anilines is 1. The van der Waals surface area contributed by atoms with Crippen molar-refractivity contribution in [2.24, 2.45) is 0 Å². The van der Waals surface area contributed by atoms with E-state index in [1.165, 1.54) is 4.31 Å². The molecule has 0 spiro atoms. The van der Waals surface area contributed by atoms with Crippen LogP contribution in [0.1, 0.15) is 12.0 Å². The van der Waals surface area contributed by atoms with Crippen molar-refractivity contribution in [3.63, 3.8) is 0 Å². The van der Waals surface area contributed by atoms with Crippen molar-refractivity contribution in [1.29, 1.82) is 0 Å². The van der Waals surface area contributed by atoms with Crippen LogP contribution in [0.25, 0.3) is 0 Å². The number of nitrogens with two attached hydrogens (primary N) is 1. The van der Waals surface area contributed by atoms with Crippen LogP contribution in [0, 0.1) is 6.92 Å². The van der Waals surface area contributed by atoms with Crippen molar-refractivity contribution in [3.05, 3.63) is 23.8 Å². The Morgan fingerprint density at radius 1 is 1.14 bits per heavy atom. The van der Waals surface area contributed by atoms with Gasteiger partial charge in [0.15, 0.2) is 0 Å². The molecule has 7 heteroatoms. The monoisotopic (exact) mass is 316 g/mol. The van der Waals surface area contributed by atoms with E-state index in [1.807, 2.05) is 0 Å². The van der Waals surface area contributed by atoms with Crippen LogP contribution < -0.4 is 5.73 Å². The first-order chi connectivity index (χ1) is 9.95. The first kappa shape index (κ1) is 17.9. The molecule has 0 aliphatic heterocycles. The molecule has 0 saturated carbocycles. The number of nitrogen functional groups attached to an aromatic ring is 1. The second-order valence-electron chi connectivity index (χ2n) is 4.74. The third-order valence-corrected chi connectivity index (χ3v) is 5.26. The van der Waals surface area contributed by atoms with Gasteiger partial charge in [0.2, 0.25) is 10.0 Å². The molecular weight excluding hydrogens is 292 g/mol. The van der Waals surface area contributed by atoms with Crippen LogP contribution in [0.15, 0.2) is 23.1 Å². The summed E-state index contributed by atoms with van der Waals surface area (Å²) < 4.78 is 37.0. The average molecular weight is 316 g/mol. The fourth-order valence-electron chi connectivity index (χ4n) is 2.09. The number of hydrogen-bond acceptors (Lipinski definition) is 5. The summed E-state index contributed by atoms with van der Waals surface area (Å²) in [6.45, 7) is 3.23. The molecule has 21 heavy (non-hydrogen) atoms. The molecule has 0 aliphatic carbocycles. The number of methoxy groups -OCH3 is 2. The van der Waals surface area contributed by atoms with E-state index in [0.717, 1.165) is 0 Å². The third-order valence-electron chi connectivity index (χ3n) is 3.14. The van der Waals surface area contributed by atoms with Crippen molar-refractivity contribution in [1.82, 2.24) is 4.31 Å². The van der Waals surface area contributed by atoms with Crippen molar-refractivity contribution in [2.75, 3.05) is 46.3 Å². The zero-order valence-electron chi connectivity index (χ0n) is 12.8. The number of nitrogens with zero attached hydrogens (tertiary/aromatic N) is 1. The summed E-state index contributed by atoms with van der Waals surface area (Å²) in [5.74, 6) is 0. The molecule has 0 aromatic heterocycles. The molecule has 2 N–H and O–H groups in total. The summed E-state index contributed by atoms with van der Waals surface area (Å²) in [5, 5.41) is 0. The highest BCUT2D eigenvalue weighted by atomic mass is 32.2. The van der Waals surface area contributed by atoms with Crippen LogP contribution in [0.5, 0.6) is 0 Å². The van der Waals surface area contributed by atoms with Crippen molar-refractivity contribution in [3.8, 4) is 0 Å². The normalized spacial score (nSPS) is 12.0. The summed E-state index contributed by atoms with van der Waals surface area (Å²) in [4.78, 5) is 0.179. The van der Waals surface area contributed by atoms with E-state index in [1.54, 1.807) is 39.3 Å². The van der Waals surface area contributed by atoms with Crippen molar-refractivity contribution in [2.45, 2.75) is 18.2 Å². The molecule has 0 radical (unpaired) electrons. The Bertz CT molecular complexity index is 526. The predicted molar refractivity (Wildman–Crippen MR) is 82.7 cm³/mol. The minimum Gasteiger partial charge on any atom is -0.398 e. The van der Waals surface area contributed by atoms with Gasteiger partial charge in [0, 0.05) is 33.9 Å². The Morgan fingerprint density at radius 3 is 2.38 bits per heavy atom. The summed E-state index contributed by atoms with van der Waals surface area (Å²) in [6, 6.07) is 5.09. The van der Waals surface area contributed by atoms with Gasteiger partial charge in [-0.2, -0.15) is 4.31 Å². The molecule has 0 atom stereocenters. The molecule has 0 saturated heterocycles. The second kappa shape index (κ2) is 8.33. The lowest BCUT2D eigenvalue weighted by atomic mass is 10.2. The number of hydrogen-bond donors (Lipinski definition) is 1. The lowest BCUT2D eigenvalue weighted by Crippen LogP contribution is -2.36. The van der Waals surface area contributed by atoms with E-state index >= 15 is 0 Å². The maximum Gasteiger partial charge on any atom is 0.245 e. The maximum atomic E-state index is 12.8. The van der Waals surface area contributed by atoms with Gasteiger partial charge in [0.1, 0.15) is 4.90 Å². The summed E-state index contributed by atoms with van der Waals surface area (Å²) in [5.41, 5.74) is 6.78. The van der Waals surface area contributed by atoms with E-state index in [-0.39, 0.29) is 17.1 Å². The van der Waals surface area contributed by atoms with Gasteiger partial charge >= 0.3 is 0 Å². The van der Waals surface area contributed by atoms with Crippen LogP contribution in [-0.4, -0.2) is 53.2 Å². The lowest BCUT2D eigenvalue weighted by molar-refractivity contribution is 0.164. The summed E-state index contributed by atoms with van der Waals surface area (Å²) in [6.07, 6.45) is 0.616. The Balaban J connectivity index is 3.07. The molecule has 0 fully saturated rings. The van der Waals surface area contributed by atoms with Gasteiger partial charge in [-0.3, -0.25) is 0 Å². The maximum absolute atomic E-state index is 12.8. The highest BCUT2D eigenvalue weighted by molar-refractivity contribution is 7.89. The van der Waals surface area contributed by atoms with Crippen LogP contribution in [0.2, 0.25) is 0 Å². The topological polar surface area (TPSA) is 81.9 Å². The van der Waals surface area contributed by atoms with E-state index in [4.69, 9.17) is 15.2 Å². The molecule has 120 valence electrons. The van der Waals surface area contributed by atoms with Crippen LogP contribution in [0.4, 0.5) is 5.69 Å². The average Bonchev–Trinajstić information content (AvgIpc) is 2.42. The Kier molecular flexibility index (Phi) is 7.10. The zero-order chi connectivity index (χ0) is 15.9. The molecule has 0 aliphatic rings. The highest BCUT2D eigenvalue weighted by Crippen LogP contribution is 2.25. The fraction of sp³-hybridized carbons (Fsp3) is 0.571. The molecule has 0 amide bonds. The molecular formula is C14H24N2O4S. The Labute approximate surface area is 126 Å². The quantitative estimate of drug-likeness (QED) is 0.548. The van der Waals surface area contributed by atoms with Gasteiger partial charge in [-0.05, 0) is 25.0 Å². The minimum atomic E-state index is -3.64. The van der Waals surface area contributed by atoms with E-state index in [0.29, 0.717) is 31.7 Å². The van der Waals surface area contributed by atoms with Gasteiger partial charge in [0.05, 0.1) is 12.3 Å². The third kappa shape index (κ3) is 4.67. The van der Waals surface area contributed by atoms with Crippen LogP contribution >= 0.6 is 0 Å². The fourth-order valence-corrected chi connectivity index (χ4v) is 3.87.